The van der Waals surface area contributed by atoms with Crippen LogP contribution in [0, 0.1) is 0 Å². The fourth-order valence-electron chi connectivity index (χ4n) is 2.18. The first kappa shape index (κ1) is 13.4. The van der Waals surface area contributed by atoms with E-state index in [0.29, 0.717) is 0 Å². The van der Waals surface area contributed by atoms with Gasteiger partial charge in [-0.2, -0.15) is 9.97 Å². The summed E-state index contributed by atoms with van der Waals surface area (Å²) in [6.45, 7) is -0.542. The molecule has 3 heterocycles. The number of nitrogen functional groups attached to an aromatic ring is 1. The number of fused-ring (bicyclic) bond motifs is 1. The fraction of sp³-hybridized carbons (Fsp3) is 0.500. The molecule has 0 radical (unpaired) electrons. The number of nitrogens with two attached hydrogens (primary N) is 1. The van der Waals surface area contributed by atoms with Gasteiger partial charge in [-0.15, -0.1) is 0 Å². The Kier molecular flexibility index (Phi) is 3.21. The Morgan fingerprint density at radius 2 is 2.25 bits per heavy atom. The highest BCUT2D eigenvalue weighted by Gasteiger charge is 2.45. The van der Waals surface area contributed by atoms with Gasteiger partial charge in [0.1, 0.15) is 17.7 Å². The highest BCUT2D eigenvalue weighted by atomic mass is 35.5. The number of ether oxygens (including phenoxy) is 1. The summed E-state index contributed by atoms with van der Waals surface area (Å²) in [5.74, 6) is 0.0711. The molecule has 0 spiro atoms. The van der Waals surface area contributed by atoms with Crippen molar-refractivity contribution in [3.63, 3.8) is 0 Å². The molecule has 3 rings (SSSR count). The van der Waals surface area contributed by atoms with E-state index >= 15 is 0 Å². The Bertz CT molecular complexity index is 653. The van der Waals surface area contributed by atoms with Gasteiger partial charge in [0.2, 0.25) is 5.28 Å². The van der Waals surface area contributed by atoms with Gasteiger partial charge in [-0.3, -0.25) is 4.57 Å². The Hall–Kier alpha value is -1.55. The Morgan fingerprint density at radius 3 is 2.90 bits per heavy atom. The van der Waals surface area contributed by atoms with Crippen LogP contribution in [0.1, 0.15) is 6.23 Å². The molecule has 0 aromatic carbocycles. The van der Waals surface area contributed by atoms with Gasteiger partial charge < -0.3 is 20.7 Å². The van der Waals surface area contributed by atoms with Crippen molar-refractivity contribution in [3.8, 4) is 0 Å². The number of aliphatic hydroxyl groups excluding tert-OH is 2. The maximum Gasteiger partial charge on any atom is 0.226 e. The van der Waals surface area contributed by atoms with E-state index in [-0.39, 0.29) is 22.3 Å². The maximum absolute atomic E-state index is 13.7. The van der Waals surface area contributed by atoms with Crippen molar-refractivity contribution in [2.75, 3.05) is 12.3 Å². The molecular weight excluding hydrogens is 292 g/mol. The average molecular weight is 303 g/mol. The molecule has 108 valence electrons. The van der Waals surface area contributed by atoms with Crippen LogP contribution in [0.25, 0.3) is 11.2 Å². The summed E-state index contributed by atoms with van der Waals surface area (Å²) in [7, 11) is 0. The molecule has 4 atom stereocenters. The van der Waals surface area contributed by atoms with E-state index in [1.54, 1.807) is 0 Å². The minimum absolute atomic E-state index is 0.0711. The SMILES string of the molecule is Nc1nc(Cl)nc2c1ncn2[C@@H]1O[C@H](CO)[C@H]([18F])C1O. The van der Waals surface area contributed by atoms with Crippen LogP contribution in [-0.4, -0.2) is 54.7 Å². The first-order valence-corrected chi connectivity index (χ1v) is 6.14. The third-order valence-corrected chi connectivity index (χ3v) is 3.33. The number of imidazole rings is 1. The summed E-state index contributed by atoms with van der Waals surface area (Å²) < 4.78 is 20.3. The van der Waals surface area contributed by atoms with Crippen molar-refractivity contribution in [3.05, 3.63) is 11.6 Å². The molecule has 1 fully saturated rings. The highest BCUT2D eigenvalue weighted by molar-refractivity contribution is 6.28. The number of hydrogen-bond acceptors (Lipinski definition) is 7. The molecule has 1 unspecified atom stereocenters. The van der Waals surface area contributed by atoms with E-state index in [9.17, 15) is 9.50 Å². The molecular formula is C10H11ClFN5O3. The molecule has 0 bridgehead atoms. The van der Waals surface area contributed by atoms with Crippen LogP contribution < -0.4 is 5.73 Å². The summed E-state index contributed by atoms with van der Waals surface area (Å²) >= 11 is 5.72. The highest BCUT2D eigenvalue weighted by Crippen LogP contribution is 2.33. The van der Waals surface area contributed by atoms with Crippen molar-refractivity contribution in [2.24, 2.45) is 0 Å². The van der Waals surface area contributed by atoms with Crippen LogP contribution in [0.5, 0.6) is 0 Å². The van der Waals surface area contributed by atoms with Crippen LogP contribution in [0.15, 0.2) is 6.33 Å². The lowest BCUT2D eigenvalue weighted by atomic mass is 10.1. The van der Waals surface area contributed by atoms with Crippen molar-refractivity contribution in [1.29, 1.82) is 0 Å². The monoisotopic (exact) mass is 302 g/mol. The Labute approximate surface area is 117 Å². The molecule has 10 heteroatoms. The lowest BCUT2D eigenvalue weighted by Crippen LogP contribution is -2.29. The molecule has 0 amide bonds. The molecule has 0 aliphatic carbocycles. The second-order valence-corrected chi connectivity index (χ2v) is 4.72. The molecule has 0 saturated carbocycles. The number of halogens is 2. The van der Waals surface area contributed by atoms with E-state index < -0.39 is 31.2 Å². The van der Waals surface area contributed by atoms with E-state index in [1.807, 2.05) is 0 Å². The zero-order valence-electron chi connectivity index (χ0n) is 10.0. The number of alkyl halides is 1. The number of aromatic nitrogens is 4. The summed E-state index contributed by atoms with van der Waals surface area (Å²) in [6, 6.07) is 0. The molecule has 4 N–H and O–H groups in total. The largest absolute Gasteiger partial charge is 0.394 e. The van der Waals surface area contributed by atoms with Gasteiger partial charge in [0, 0.05) is 0 Å². The predicted molar refractivity (Wildman–Crippen MR) is 66.6 cm³/mol. The second kappa shape index (κ2) is 4.77. The van der Waals surface area contributed by atoms with Crippen molar-refractivity contribution < 1.29 is 19.3 Å². The summed E-state index contributed by atoms with van der Waals surface area (Å²) in [5, 5.41) is 18.8. The Balaban J connectivity index is 2.07. The smallest absolute Gasteiger partial charge is 0.226 e. The third-order valence-electron chi connectivity index (χ3n) is 3.16. The lowest BCUT2D eigenvalue weighted by molar-refractivity contribution is -0.0495. The van der Waals surface area contributed by atoms with Crippen LogP contribution in [0.3, 0.4) is 0 Å². The molecule has 8 nitrogen and oxygen atoms in total. The van der Waals surface area contributed by atoms with E-state index in [4.69, 9.17) is 27.2 Å². The number of rotatable bonds is 2. The van der Waals surface area contributed by atoms with Gasteiger partial charge in [-0.25, -0.2) is 9.37 Å². The van der Waals surface area contributed by atoms with Gasteiger partial charge >= 0.3 is 0 Å². The van der Waals surface area contributed by atoms with Crippen molar-refractivity contribution in [2.45, 2.75) is 24.6 Å². The first-order chi connectivity index (χ1) is 9.52. The van der Waals surface area contributed by atoms with E-state index in [1.165, 1.54) is 10.9 Å². The van der Waals surface area contributed by atoms with Gasteiger partial charge in [-0.05, 0) is 11.6 Å². The van der Waals surface area contributed by atoms with Crippen molar-refractivity contribution >= 4 is 28.6 Å². The van der Waals surface area contributed by atoms with Crippen LogP contribution in [0.2, 0.25) is 5.28 Å². The fourth-order valence-corrected chi connectivity index (χ4v) is 2.35. The molecule has 1 aliphatic heterocycles. The van der Waals surface area contributed by atoms with Crippen molar-refractivity contribution in [1.82, 2.24) is 19.5 Å². The minimum atomic E-state index is -1.71. The quantitative estimate of drug-likeness (QED) is 0.649. The number of nitrogens with zero attached hydrogens (tertiary/aromatic N) is 4. The first-order valence-electron chi connectivity index (χ1n) is 5.77. The van der Waals surface area contributed by atoms with Gasteiger partial charge in [0.25, 0.3) is 0 Å². The average Bonchev–Trinajstić information content (AvgIpc) is 2.93. The summed E-state index contributed by atoms with van der Waals surface area (Å²) in [5.41, 5.74) is 6.15. The number of anilines is 1. The zero-order chi connectivity index (χ0) is 14.4. The molecule has 20 heavy (non-hydrogen) atoms. The topological polar surface area (TPSA) is 119 Å². The van der Waals surface area contributed by atoms with Gasteiger partial charge in [0.05, 0.1) is 12.9 Å². The third kappa shape index (κ3) is 1.90. The molecule has 1 saturated heterocycles. The molecule has 2 aromatic heterocycles. The van der Waals surface area contributed by atoms with Gasteiger partial charge in [-0.1, -0.05) is 0 Å². The Morgan fingerprint density at radius 1 is 1.50 bits per heavy atom. The summed E-state index contributed by atoms with van der Waals surface area (Å²) in [4.78, 5) is 11.7. The second-order valence-electron chi connectivity index (χ2n) is 4.38. The van der Waals surface area contributed by atoms with E-state index in [0.717, 1.165) is 0 Å². The van der Waals surface area contributed by atoms with Crippen LogP contribution in [-0.2, 0) is 4.74 Å². The molecule has 1 aliphatic rings. The molecule has 2 aromatic rings. The zero-order valence-corrected chi connectivity index (χ0v) is 10.8. The standard InChI is InChI=1S/C10H11ClFN5O3/c11-10-15-7(13)5-8(16-10)17(2-14-5)9-6(19)4(12)3(1-18)20-9/h2-4,6,9,18-19H,1H2,(H2,13,15,16)/t3-,4+,6?,9-/m1/s1/i12-1. The van der Waals surface area contributed by atoms with Crippen LogP contribution in [0.4, 0.5) is 10.2 Å². The van der Waals surface area contributed by atoms with E-state index in [2.05, 4.69) is 15.0 Å². The van der Waals surface area contributed by atoms with Crippen LogP contribution >= 0.6 is 11.6 Å². The van der Waals surface area contributed by atoms with Gasteiger partial charge in [0.15, 0.2) is 23.9 Å². The summed E-state index contributed by atoms with van der Waals surface area (Å²) in [6.07, 6.45) is -4.05. The number of aliphatic hydroxyl groups is 2. The minimum Gasteiger partial charge on any atom is -0.394 e. The lowest BCUT2D eigenvalue weighted by Gasteiger charge is -2.16. The normalized spacial score (nSPS) is 30.2. The predicted octanol–water partition coefficient (Wildman–Crippen LogP) is -0.349. The maximum atomic E-state index is 13.7. The number of hydrogen-bond donors (Lipinski definition) is 3.